The maximum Gasteiger partial charge on any atom is 0.329 e. The monoisotopic (exact) mass is 326 g/mol. The molecule has 0 bridgehead atoms. The Bertz CT molecular complexity index is 525. The van der Waals surface area contributed by atoms with Gasteiger partial charge in [0.25, 0.3) is 0 Å². The van der Waals surface area contributed by atoms with Crippen molar-refractivity contribution in [3.8, 4) is 0 Å². The first-order valence-corrected chi connectivity index (χ1v) is 6.85. The molecular weight excluding hydrogens is 312 g/mol. The Labute approximate surface area is 119 Å². The van der Waals surface area contributed by atoms with E-state index < -0.39 is 17.4 Å². The van der Waals surface area contributed by atoms with Crippen molar-refractivity contribution < 1.29 is 14.7 Å². The number of halogens is 1. The van der Waals surface area contributed by atoms with E-state index in [1.165, 1.54) is 0 Å². The first kappa shape index (κ1) is 13.9. The summed E-state index contributed by atoms with van der Waals surface area (Å²) in [7, 11) is 0. The molecule has 6 heteroatoms. The molecule has 5 nitrogen and oxygen atoms in total. The van der Waals surface area contributed by atoms with Crippen LogP contribution in [0, 0.1) is 0 Å². The van der Waals surface area contributed by atoms with Crippen LogP contribution in [0.15, 0.2) is 22.7 Å². The van der Waals surface area contributed by atoms with E-state index in [1.54, 1.807) is 18.2 Å². The lowest BCUT2D eigenvalue weighted by atomic mass is 9.97. The van der Waals surface area contributed by atoms with Crippen molar-refractivity contribution >= 4 is 33.5 Å². The molecule has 0 aromatic heterocycles. The van der Waals surface area contributed by atoms with E-state index in [4.69, 9.17) is 5.73 Å². The Kier molecular flexibility index (Phi) is 3.80. The van der Waals surface area contributed by atoms with Crippen molar-refractivity contribution in [3.05, 3.63) is 28.2 Å². The highest BCUT2D eigenvalue weighted by atomic mass is 79.9. The average molecular weight is 327 g/mol. The van der Waals surface area contributed by atoms with Crippen molar-refractivity contribution in [1.29, 1.82) is 0 Å². The SMILES string of the molecule is NC(=O)c1ccc(NC2(C(=O)O)CCCC2)c(Br)c1. The van der Waals surface area contributed by atoms with E-state index in [-0.39, 0.29) is 0 Å². The van der Waals surface area contributed by atoms with Crippen LogP contribution in [0.1, 0.15) is 36.0 Å². The highest BCUT2D eigenvalue weighted by Crippen LogP contribution is 2.35. The molecule has 0 unspecified atom stereocenters. The number of benzene rings is 1. The van der Waals surface area contributed by atoms with Gasteiger partial charge in [0.2, 0.25) is 5.91 Å². The molecule has 0 spiro atoms. The number of carboxylic acids is 1. The number of carbonyl (C=O) groups excluding carboxylic acids is 1. The summed E-state index contributed by atoms with van der Waals surface area (Å²) in [6.45, 7) is 0. The number of nitrogens with one attached hydrogen (secondary N) is 1. The number of carbonyl (C=O) groups is 2. The summed E-state index contributed by atoms with van der Waals surface area (Å²) in [6.07, 6.45) is 3.01. The minimum Gasteiger partial charge on any atom is -0.480 e. The Morgan fingerprint density at radius 1 is 1.32 bits per heavy atom. The largest absolute Gasteiger partial charge is 0.480 e. The van der Waals surface area contributed by atoms with E-state index in [0.717, 1.165) is 12.8 Å². The van der Waals surface area contributed by atoms with Crippen LogP contribution in [0.4, 0.5) is 5.69 Å². The Morgan fingerprint density at radius 3 is 2.42 bits per heavy atom. The maximum absolute atomic E-state index is 11.5. The zero-order valence-corrected chi connectivity index (χ0v) is 11.9. The summed E-state index contributed by atoms with van der Waals surface area (Å²) in [4.78, 5) is 22.5. The van der Waals surface area contributed by atoms with Gasteiger partial charge < -0.3 is 16.2 Å². The Hall–Kier alpha value is -1.56. The zero-order valence-electron chi connectivity index (χ0n) is 10.3. The first-order chi connectivity index (χ1) is 8.94. The molecule has 1 aromatic carbocycles. The summed E-state index contributed by atoms with van der Waals surface area (Å²) in [5, 5.41) is 12.5. The third-order valence-corrected chi connectivity index (χ3v) is 4.15. The van der Waals surface area contributed by atoms with E-state index in [9.17, 15) is 14.7 Å². The average Bonchev–Trinajstić information content (AvgIpc) is 2.81. The summed E-state index contributed by atoms with van der Waals surface area (Å²) < 4.78 is 0.635. The fraction of sp³-hybridized carbons (Fsp3) is 0.385. The van der Waals surface area contributed by atoms with Crippen molar-refractivity contribution in [2.45, 2.75) is 31.2 Å². The molecule has 2 rings (SSSR count). The van der Waals surface area contributed by atoms with Crippen LogP contribution >= 0.6 is 15.9 Å². The third-order valence-electron chi connectivity index (χ3n) is 3.49. The van der Waals surface area contributed by atoms with Crippen LogP contribution in [-0.4, -0.2) is 22.5 Å². The second-order valence-electron chi connectivity index (χ2n) is 4.78. The molecule has 0 radical (unpaired) electrons. The van der Waals surface area contributed by atoms with Crippen molar-refractivity contribution in [2.75, 3.05) is 5.32 Å². The molecule has 19 heavy (non-hydrogen) atoms. The lowest BCUT2D eigenvalue weighted by Gasteiger charge is -2.27. The number of rotatable bonds is 4. The molecule has 0 aliphatic heterocycles. The van der Waals surface area contributed by atoms with Crippen molar-refractivity contribution in [3.63, 3.8) is 0 Å². The molecule has 4 N–H and O–H groups in total. The van der Waals surface area contributed by atoms with Gasteiger partial charge in [-0.2, -0.15) is 0 Å². The molecule has 1 amide bonds. The summed E-state index contributed by atoms with van der Waals surface area (Å²) in [5.41, 5.74) is 5.33. The van der Waals surface area contributed by atoms with Gasteiger partial charge in [0.05, 0.1) is 0 Å². The number of carboxylic acid groups (broad SMARTS) is 1. The molecule has 0 saturated heterocycles. The molecule has 0 heterocycles. The number of nitrogens with two attached hydrogens (primary N) is 1. The topological polar surface area (TPSA) is 92.4 Å². The predicted octanol–water partition coefficient (Wildman–Crippen LogP) is 2.36. The second kappa shape index (κ2) is 5.21. The van der Waals surface area contributed by atoms with Gasteiger partial charge >= 0.3 is 5.97 Å². The van der Waals surface area contributed by atoms with Gasteiger partial charge in [-0.3, -0.25) is 4.79 Å². The standard InChI is InChI=1S/C13H15BrN2O3/c14-9-7-8(11(15)17)3-4-10(9)16-13(12(18)19)5-1-2-6-13/h3-4,7,16H,1-2,5-6H2,(H2,15,17)(H,18,19). The Morgan fingerprint density at radius 2 is 1.95 bits per heavy atom. The molecule has 0 atom stereocenters. The van der Waals surface area contributed by atoms with Gasteiger partial charge in [0.1, 0.15) is 5.54 Å². The molecule has 1 aliphatic carbocycles. The summed E-state index contributed by atoms with van der Waals surface area (Å²) in [6, 6.07) is 4.85. The molecule has 1 fully saturated rings. The van der Waals surface area contributed by atoms with Crippen molar-refractivity contribution in [2.24, 2.45) is 5.73 Å². The van der Waals surface area contributed by atoms with Gasteiger partial charge in [-0.05, 0) is 47.0 Å². The number of hydrogen-bond acceptors (Lipinski definition) is 3. The second-order valence-corrected chi connectivity index (χ2v) is 5.63. The number of amides is 1. The van der Waals surface area contributed by atoms with E-state index in [0.29, 0.717) is 28.6 Å². The van der Waals surface area contributed by atoms with Gasteiger partial charge in [0.15, 0.2) is 0 Å². The molecule has 1 aromatic rings. The normalized spacial score (nSPS) is 17.1. The Balaban J connectivity index is 2.28. The number of anilines is 1. The summed E-state index contributed by atoms with van der Waals surface area (Å²) in [5.74, 6) is -1.35. The smallest absolute Gasteiger partial charge is 0.329 e. The van der Waals surface area contributed by atoms with Gasteiger partial charge in [0, 0.05) is 15.7 Å². The van der Waals surface area contributed by atoms with Crippen LogP contribution in [-0.2, 0) is 4.79 Å². The van der Waals surface area contributed by atoms with Crippen LogP contribution in [0.5, 0.6) is 0 Å². The number of primary amides is 1. The predicted molar refractivity (Wildman–Crippen MR) is 75.1 cm³/mol. The molecule has 1 aliphatic rings. The fourth-order valence-electron chi connectivity index (χ4n) is 2.40. The van der Waals surface area contributed by atoms with E-state index in [1.807, 2.05) is 0 Å². The van der Waals surface area contributed by atoms with Crippen LogP contribution in [0.2, 0.25) is 0 Å². The third kappa shape index (κ3) is 2.73. The van der Waals surface area contributed by atoms with Gasteiger partial charge in [-0.25, -0.2) is 4.79 Å². The van der Waals surface area contributed by atoms with E-state index in [2.05, 4.69) is 21.2 Å². The summed E-state index contributed by atoms with van der Waals surface area (Å²) >= 11 is 3.33. The minimum absolute atomic E-state index is 0.383. The molecule has 102 valence electrons. The highest BCUT2D eigenvalue weighted by molar-refractivity contribution is 9.10. The molecular formula is C13H15BrN2O3. The van der Waals surface area contributed by atoms with Gasteiger partial charge in [-0.1, -0.05) is 12.8 Å². The fourth-order valence-corrected chi connectivity index (χ4v) is 2.88. The zero-order chi connectivity index (χ0) is 14.0. The first-order valence-electron chi connectivity index (χ1n) is 6.05. The lowest BCUT2D eigenvalue weighted by molar-refractivity contribution is -0.142. The molecule has 1 saturated carbocycles. The van der Waals surface area contributed by atoms with Crippen LogP contribution in [0.25, 0.3) is 0 Å². The van der Waals surface area contributed by atoms with E-state index >= 15 is 0 Å². The van der Waals surface area contributed by atoms with Crippen molar-refractivity contribution in [1.82, 2.24) is 0 Å². The minimum atomic E-state index is -0.906. The van der Waals surface area contributed by atoms with Crippen LogP contribution in [0.3, 0.4) is 0 Å². The van der Waals surface area contributed by atoms with Gasteiger partial charge in [-0.15, -0.1) is 0 Å². The number of aliphatic carboxylic acids is 1. The number of hydrogen-bond donors (Lipinski definition) is 3. The van der Waals surface area contributed by atoms with Crippen LogP contribution < -0.4 is 11.1 Å². The quantitative estimate of drug-likeness (QED) is 0.791. The lowest BCUT2D eigenvalue weighted by Crippen LogP contribution is -2.43. The maximum atomic E-state index is 11.5. The highest BCUT2D eigenvalue weighted by Gasteiger charge is 2.41.